The van der Waals surface area contributed by atoms with Crippen molar-refractivity contribution in [2.75, 3.05) is 6.61 Å². The van der Waals surface area contributed by atoms with Crippen molar-refractivity contribution in [3.05, 3.63) is 59.9 Å². The molecule has 1 aromatic carbocycles. The largest absolute Gasteiger partial charge is 0.494 e. The van der Waals surface area contributed by atoms with E-state index < -0.39 is 11.9 Å². The average Bonchev–Trinajstić information content (AvgIpc) is 2.48. The van der Waals surface area contributed by atoms with Gasteiger partial charge < -0.3 is 9.84 Å². The Hall–Kier alpha value is -2.03. The molecule has 3 heteroatoms. The Morgan fingerprint density at radius 1 is 1.25 bits per heavy atom. The highest BCUT2D eigenvalue weighted by Gasteiger charge is 2.15. The molecule has 0 aliphatic heterocycles. The van der Waals surface area contributed by atoms with Crippen LogP contribution in [0.1, 0.15) is 24.8 Å². The van der Waals surface area contributed by atoms with E-state index in [1.807, 2.05) is 12.1 Å². The lowest BCUT2D eigenvalue weighted by molar-refractivity contribution is -0.140. The van der Waals surface area contributed by atoms with E-state index in [1.165, 1.54) is 5.56 Å². The SMILES string of the molecule is O=C(O)C1C=CC(OCCCCc2ccccc2)=CC1. The topological polar surface area (TPSA) is 46.5 Å². The zero-order chi connectivity index (χ0) is 14.2. The summed E-state index contributed by atoms with van der Waals surface area (Å²) in [6.45, 7) is 0.681. The van der Waals surface area contributed by atoms with Crippen molar-refractivity contribution in [1.29, 1.82) is 0 Å². The highest BCUT2D eigenvalue weighted by atomic mass is 16.5. The molecule has 3 nitrogen and oxygen atoms in total. The summed E-state index contributed by atoms with van der Waals surface area (Å²) in [7, 11) is 0. The van der Waals surface area contributed by atoms with Gasteiger partial charge in [0.1, 0.15) is 5.76 Å². The normalized spacial score (nSPS) is 17.6. The second-order valence-electron chi connectivity index (χ2n) is 4.94. The maximum absolute atomic E-state index is 10.8. The molecule has 1 aromatic rings. The summed E-state index contributed by atoms with van der Waals surface area (Å²) in [4.78, 5) is 10.8. The van der Waals surface area contributed by atoms with Crippen LogP contribution in [0.4, 0.5) is 0 Å². The number of rotatable bonds is 7. The van der Waals surface area contributed by atoms with Crippen LogP contribution in [0.2, 0.25) is 0 Å². The number of carboxylic acids is 1. The molecule has 1 atom stereocenters. The van der Waals surface area contributed by atoms with Crippen molar-refractivity contribution in [3.63, 3.8) is 0 Å². The van der Waals surface area contributed by atoms with Crippen LogP contribution in [0.15, 0.2) is 54.3 Å². The van der Waals surface area contributed by atoms with Gasteiger partial charge in [-0.25, -0.2) is 0 Å². The van der Waals surface area contributed by atoms with Gasteiger partial charge in [0.2, 0.25) is 0 Å². The Morgan fingerprint density at radius 2 is 2.05 bits per heavy atom. The summed E-state index contributed by atoms with van der Waals surface area (Å²) < 4.78 is 5.63. The van der Waals surface area contributed by atoms with Gasteiger partial charge in [0.25, 0.3) is 0 Å². The first-order valence-corrected chi connectivity index (χ1v) is 7.03. The highest BCUT2D eigenvalue weighted by molar-refractivity contribution is 5.72. The number of carbonyl (C=O) groups is 1. The summed E-state index contributed by atoms with van der Waals surface area (Å²) in [5, 5.41) is 8.86. The first-order valence-electron chi connectivity index (χ1n) is 7.03. The van der Waals surface area contributed by atoms with Gasteiger partial charge in [0, 0.05) is 0 Å². The fraction of sp³-hybridized carbons (Fsp3) is 0.353. The molecule has 0 saturated heterocycles. The first-order chi connectivity index (χ1) is 9.75. The Labute approximate surface area is 119 Å². The Bertz CT molecular complexity index is 488. The van der Waals surface area contributed by atoms with Gasteiger partial charge in [-0.3, -0.25) is 4.79 Å². The number of allylic oxidation sites excluding steroid dienone is 2. The molecule has 0 spiro atoms. The molecule has 0 bridgehead atoms. The quantitative estimate of drug-likeness (QED) is 0.772. The molecule has 1 unspecified atom stereocenters. The molecule has 0 fully saturated rings. The third kappa shape index (κ3) is 4.57. The van der Waals surface area contributed by atoms with E-state index in [0.29, 0.717) is 13.0 Å². The van der Waals surface area contributed by atoms with Crippen LogP contribution >= 0.6 is 0 Å². The predicted molar refractivity (Wildman–Crippen MR) is 78.3 cm³/mol. The van der Waals surface area contributed by atoms with Crippen LogP contribution in [0.25, 0.3) is 0 Å². The smallest absolute Gasteiger partial charge is 0.310 e. The maximum Gasteiger partial charge on any atom is 0.310 e. The molecule has 0 radical (unpaired) electrons. The predicted octanol–water partition coefficient (Wildman–Crippen LogP) is 3.57. The fourth-order valence-corrected chi connectivity index (χ4v) is 2.16. The minimum atomic E-state index is -0.778. The second kappa shape index (κ2) is 7.53. The molecule has 0 amide bonds. The minimum absolute atomic E-state index is 0.402. The molecule has 1 N–H and O–H groups in total. The Balaban J connectivity index is 1.60. The molecule has 0 aromatic heterocycles. The van der Waals surface area contributed by atoms with Gasteiger partial charge in [0.05, 0.1) is 12.5 Å². The van der Waals surface area contributed by atoms with Crippen LogP contribution in [-0.4, -0.2) is 17.7 Å². The molecule has 106 valence electrons. The number of unbranched alkanes of at least 4 members (excludes halogenated alkanes) is 1. The second-order valence-corrected chi connectivity index (χ2v) is 4.94. The number of aryl methyl sites for hydroxylation is 1. The van der Waals surface area contributed by atoms with Crippen molar-refractivity contribution in [3.8, 4) is 0 Å². The van der Waals surface area contributed by atoms with Gasteiger partial charge in [-0.1, -0.05) is 36.4 Å². The van der Waals surface area contributed by atoms with Crippen LogP contribution in [-0.2, 0) is 16.0 Å². The van der Waals surface area contributed by atoms with E-state index in [9.17, 15) is 4.79 Å². The number of hydrogen-bond acceptors (Lipinski definition) is 2. The molecule has 0 heterocycles. The monoisotopic (exact) mass is 272 g/mol. The van der Waals surface area contributed by atoms with E-state index >= 15 is 0 Å². The average molecular weight is 272 g/mol. The fourth-order valence-electron chi connectivity index (χ4n) is 2.16. The lowest BCUT2D eigenvalue weighted by Gasteiger charge is -2.13. The number of aliphatic carboxylic acids is 1. The standard InChI is InChI=1S/C17H20O3/c18-17(19)15-9-11-16(12-10-15)20-13-5-4-8-14-6-2-1-3-7-14/h1-3,6-7,9,11-12,15H,4-5,8,10,13H2,(H,18,19). The molecule has 1 aliphatic rings. The lowest BCUT2D eigenvalue weighted by atomic mass is 10.0. The van der Waals surface area contributed by atoms with Gasteiger partial charge in [-0.15, -0.1) is 0 Å². The van der Waals surface area contributed by atoms with Crippen molar-refractivity contribution in [2.45, 2.75) is 25.7 Å². The molecule has 0 saturated carbocycles. The van der Waals surface area contributed by atoms with Crippen LogP contribution in [0, 0.1) is 5.92 Å². The van der Waals surface area contributed by atoms with Gasteiger partial charge in [-0.2, -0.15) is 0 Å². The van der Waals surface area contributed by atoms with E-state index in [-0.39, 0.29) is 0 Å². The maximum atomic E-state index is 10.8. The van der Waals surface area contributed by atoms with Crippen LogP contribution in [0.3, 0.4) is 0 Å². The molecule has 2 rings (SSSR count). The van der Waals surface area contributed by atoms with Gasteiger partial charge in [0.15, 0.2) is 0 Å². The van der Waals surface area contributed by atoms with Gasteiger partial charge >= 0.3 is 5.97 Å². The van der Waals surface area contributed by atoms with Gasteiger partial charge in [-0.05, 0) is 43.4 Å². The number of carboxylic acid groups (broad SMARTS) is 1. The molecule has 1 aliphatic carbocycles. The Kier molecular flexibility index (Phi) is 5.42. The van der Waals surface area contributed by atoms with E-state index in [2.05, 4.69) is 24.3 Å². The van der Waals surface area contributed by atoms with Crippen molar-refractivity contribution in [2.24, 2.45) is 5.92 Å². The Morgan fingerprint density at radius 3 is 2.70 bits per heavy atom. The summed E-state index contributed by atoms with van der Waals surface area (Å²) in [5.74, 6) is -0.387. The van der Waals surface area contributed by atoms with E-state index in [1.54, 1.807) is 12.2 Å². The summed E-state index contributed by atoms with van der Waals surface area (Å²) in [6, 6.07) is 10.4. The van der Waals surface area contributed by atoms with Crippen molar-refractivity contribution in [1.82, 2.24) is 0 Å². The third-order valence-corrected chi connectivity index (χ3v) is 3.35. The van der Waals surface area contributed by atoms with E-state index in [4.69, 9.17) is 9.84 Å². The van der Waals surface area contributed by atoms with E-state index in [0.717, 1.165) is 25.0 Å². The molecule has 20 heavy (non-hydrogen) atoms. The zero-order valence-corrected chi connectivity index (χ0v) is 11.5. The van der Waals surface area contributed by atoms with Crippen molar-refractivity contribution >= 4 is 5.97 Å². The molecular formula is C17H20O3. The lowest BCUT2D eigenvalue weighted by Crippen LogP contribution is -2.12. The molecular weight excluding hydrogens is 252 g/mol. The number of benzene rings is 1. The highest BCUT2D eigenvalue weighted by Crippen LogP contribution is 2.17. The summed E-state index contributed by atoms with van der Waals surface area (Å²) in [6.07, 6.45) is 9.00. The number of ether oxygens (including phenoxy) is 1. The number of hydrogen-bond donors (Lipinski definition) is 1. The minimum Gasteiger partial charge on any atom is -0.494 e. The van der Waals surface area contributed by atoms with Crippen molar-refractivity contribution < 1.29 is 14.6 Å². The zero-order valence-electron chi connectivity index (χ0n) is 11.5. The summed E-state index contributed by atoms with van der Waals surface area (Å²) >= 11 is 0. The third-order valence-electron chi connectivity index (χ3n) is 3.35. The van der Waals surface area contributed by atoms with Crippen LogP contribution in [0.5, 0.6) is 0 Å². The first kappa shape index (κ1) is 14.4. The summed E-state index contributed by atoms with van der Waals surface area (Å²) in [5.41, 5.74) is 1.36. The van der Waals surface area contributed by atoms with Crippen LogP contribution < -0.4 is 0 Å².